The van der Waals surface area contributed by atoms with E-state index in [0.29, 0.717) is 17.7 Å². The van der Waals surface area contributed by atoms with Gasteiger partial charge in [-0.2, -0.15) is 0 Å². The van der Waals surface area contributed by atoms with Crippen molar-refractivity contribution < 1.29 is 4.74 Å². The third-order valence-corrected chi connectivity index (χ3v) is 4.92. The maximum absolute atomic E-state index is 6.18. The molecule has 0 spiro atoms. The molecule has 2 aromatic rings. The molecule has 1 aromatic carbocycles. The van der Waals surface area contributed by atoms with Crippen molar-refractivity contribution in [3.05, 3.63) is 46.2 Å². The first kappa shape index (κ1) is 18.9. The number of aryl methyl sites for hydroxylation is 2. The van der Waals surface area contributed by atoms with Crippen LogP contribution in [0.25, 0.3) is 0 Å². The molecule has 5 nitrogen and oxygen atoms in total. The van der Waals surface area contributed by atoms with Crippen molar-refractivity contribution in [2.45, 2.75) is 46.2 Å². The maximum Gasteiger partial charge on any atom is 0.223 e. The second-order valence-corrected chi connectivity index (χ2v) is 7.27. The number of hydrogen-bond donors (Lipinski definition) is 1. The molecule has 3 rings (SSSR count). The zero-order chi connectivity index (χ0) is 18.5. The number of anilines is 1. The molecule has 6 heteroatoms. The summed E-state index contributed by atoms with van der Waals surface area (Å²) in [6, 6.07) is 8.49. The van der Waals surface area contributed by atoms with Crippen molar-refractivity contribution in [2.24, 2.45) is 0 Å². The Kier molecular flexibility index (Phi) is 6.33. The Bertz CT molecular complexity index is 724. The first-order valence-corrected chi connectivity index (χ1v) is 9.63. The van der Waals surface area contributed by atoms with Gasteiger partial charge in [-0.3, -0.25) is 4.90 Å². The quantitative estimate of drug-likeness (QED) is 0.820. The van der Waals surface area contributed by atoms with Gasteiger partial charge in [-0.25, -0.2) is 9.97 Å². The highest BCUT2D eigenvalue weighted by molar-refractivity contribution is 6.32. The van der Waals surface area contributed by atoms with E-state index in [1.54, 1.807) is 0 Å². The van der Waals surface area contributed by atoms with Gasteiger partial charge in [0.15, 0.2) is 0 Å². The molecule has 0 radical (unpaired) electrons. The summed E-state index contributed by atoms with van der Waals surface area (Å²) in [4.78, 5) is 11.4. The van der Waals surface area contributed by atoms with E-state index >= 15 is 0 Å². The van der Waals surface area contributed by atoms with Gasteiger partial charge in [0, 0.05) is 37.1 Å². The van der Waals surface area contributed by atoms with Crippen molar-refractivity contribution >= 4 is 17.5 Å². The van der Waals surface area contributed by atoms with E-state index in [-0.39, 0.29) is 0 Å². The Hall–Kier alpha value is -1.85. The fourth-order valence-electron chi connectivity index (χ4n) is 3.38. The molecule has 0 atom stereocenters. The average molecular weight is 375 g/mol. The maximum atomic E-state index is 6.18. The summed E-state index contributed by atoms with van der Waals surface area (Å²) in [5, 5.41) is 4.17. The smallest absolute Gasteiger partial charge is 0.223 e. The summed E-state index contributed by atoms with van der Waals surface area (Å²) in [5.74, 6) is 1.52. The Morgan fingerprint density at radius 2 is 1.85 bits per heavy atom. The molecule has 1 aliphatic heterocycles. The number of piperidine rings is 1. The lowest BCUT2D eigenvalue weighted by Crippen LogP contribution is -2.39. The van der Waals surface area contributed by atoms with Crippen molar-refractivity contribution in [1.29, 1.82) is 0 Å². The number of nitrogens with zero attached hydrogens (tertiary/aromatic N) is 3. The largest absolute Gasteiger partial charge is 0.492 e. The summed E-state index contributed by atoms with van der Waals surface area (Å²) in [6.07, 6.45) is 2.17. The highest BCUT2D eigenvalue weighted by Crippen LogP contribution is 2.26. The van der Waals surface area contributed by atoms with Gasteiger partial charge in [-0.15, -0.1) is 0 Å². The first-order chi connectivity index (χ1) is 12.5. The van der Waals surface area contributed by atoms with E-state index in [1.165, 1.54) is 5.56 Å². The van der Waals surface area contributed by atoms with Gasteiger partial charge < -0.3 is 10.1 Å². The van der Waals surface area contributed by atoms with Crippen LogP contribution in [0.15, 0.2) is 24.3 Å². The minimum absolute atomic E-state index is 0.427. The van der Waals surface area contributed by atoms with Gasteiger partial charge in [0.2, 0.25) is 5.95 Å². The molecule has 1 saturated heterocycles. The van der Waals surface area contributed by atoms with Crippen LogP contribution >= 0.6 is 11.6 Å². The summed E-state index contributed by atoms with van der Waals surface area (Å²) >= 11 is 6.18. The number of halogens is 1. The topological polar surface area (TPSA) is 50.3 Å². The second-order valence-electron chi connectivity index (χ2n) is 6.87. The molecule has 0 saturated carbocycles. The Morgan fingerprint density at radius 3 is 2.50 bits per heavy atom. The number of benzene rings is 1. The Morgan fingerprint density at radius 1 is 1.15 bits per heavy atom. The fourth-order valence-corrected chi connectivity index (χ4v) is 3.55. The SMILES string of the molecule is CCOc1cc(CN2CCC(Nc3nc(C)cc(C)n3)CC2)ccc1Cl. The molecule has 140 valence electrons. The summed E-state index contributed by atoms with van der Waals surface area (Å²) in [7, 11) is 0. The van der Waals surface area contributed by atoms with Crippen LogP contribution in [0, 0.1) is 13.8 Å². The van der Waals surface area contributed by atoms with Crippen molar-refractivity contribution in [2.75, 3.05) is 25.0 Å². The van der Waals surface area contributed by atoms with E-state index in [4.69, 9.17) is 16.3 Å². The summed E-state index contributed by atoms with van der Waals surface area (Å²) < 4.78 is 5.59. The zero-order valence-electron chi connectivity index (χ0n) is 15.8. The Balaban J connectivity index is 1.53. The van der Waals surface area contributed by atoms with Crippen LogP contribution in [-0.2, 0) is 6.54 Å². The lowest BCUT2D eigenvalue weighted by atomic mass is 10.0. The van der Waals surface area contributed by atoms with Crippen molar-refractivity contribution in [3.8, 4) is 5.75 Å². The predicted molar refractivity (Wildman–Crippen MR) is 106 cm³/mol. The van der Waals surface area contributed by atoms with Gasteiger partial charge in [0.05, 0.1) is 11.6 Å². The number of aromatic nitrogens is 2. The van der Waals surface area contributed by atoms with Crippen LogP contribution in [0.1, 0.15) is 36.7 Å². The third kappa shape index (κ3) is 5.08. The molecule has 0 aliphatic carbocycles. The van der Waals surface area contributed by atoms with E-state index < -0.39 is 0 Å². The van der Waals surface area contributed by atoms with Gasteiger partial charge >= 0.3 is 0 Å². The molecule has 2 heterocycles. The summed E-state index contributed by atoms with van der Waals surface area (Å²) in [6.45, 7) is 9.63. The predicted octanol–water partition coefficient (Wildman–Crippen LogP) is 4.22. The van der Waals surface area contributed by atoms with Crippen molar-refractivity contribution in [1.82, 2.24) is 14.9 Å². The first-order valence-electron chi connectivity index (χ1n) is 9.26. The number of nitrogens with one attached hydrogen (secondary N) is 1. The average Bonchev–Trinajstić information content (AvgIpc) is 2.59. The lowest BCUT2D eigenvalue weighted by Gasteiger charge is -2.32. The standard InChI is InChI=1S/C20H27ClN4O/c1-4-26-19-12-16(5-6-18(19)21)13-25-9-7-17(8-10-25)24-20-22-14(2)11-15(3)23-20/h5-6,11-12,17H,4,7-10,13H2,1-3H3,(H,22,23,24). The Labute approximate surface area is 160 Å². The highest BCUT2D eigenvalue weighted by atomic mass is 35.5. The summed E-state index contributed by atoms with van der Waals surface area (Å²) in [5.41, 5.74) is 3.25. The molecule has 1 aromatic heterocycles. The molecule has 1 N–H and O–H groups in total. The number of rotatable bonds is 6. The molecule has 0 amide bonds. The van der Waals surface area contributed by atoms with Crippen LogP contribution in [0.3, 0.4) is 0 Å². The molecule has 1 fully saturated rings. The molecule has 1 aliphatic rings. The number of likely N-dealkylation sites (tertiary alicyclic amines) is 1. The molecule has 0 bridgehead atoms. The van der Waals surface area contributed by atoms with E-state index in [1.807, 2.05) is 32.9 Å². The van der Waals surface area contributed by atoms with Gasteiger partial charge in [0.25, 0.3) is 0 Å². The normalized spacial score (nSPS) is 15.8. The van der Waals surface area contributed by atoms with Crippen LogP contribution in [0.2, 0.25) is 5.02 Å². The lowest BCUT2D eigenvalue weighted by molar-refractivity contribution is 0.210. The third-order valence-electron chi connectivity index (χ3n) is 4.60. The zero-order valence-corrected chi connectivity index (χ0v) is 16.5. The van der Waals surface area contributed by atoms with Crippen molar-refractivity contribution in [3.63, 3.8) is 0 Å². The molecular weight excluding hydrogens is 348 g/mol. The van der Waals surface area contributed by atoms with E-state index in [9.17, 15) is 0 Å². The van der Waals surface area contributed by atoms with Gasteiger partial charge in [-0.05, 0) is 57.4 Å². The minimum atomic E-state index is 0.427. The molecule has 0 unspecified atom stereocenters. The van der Waals surface area contributed by atoms with Crippen LogP contribution < -0.4 is 10.1 Å². The molecule has 26 heavy (non-hydrogen) atoms. The number of ether oxygens (including phenoxy) is 1. The van der Waals surface area contributed by atoms with Crippen LogP contribution in [0.5, 0.6) is 5.75 Å². The van der Waals surface area contributed by atoms with Crippen LogP contribution in [-0.4, -0.2) is 40.6 Å². The highest BCUT2D eigenvalue weighted by Gasteiger charge is 2.20. The monoisotopic (exact) mass is 374 g/mol. The van der Waals surface area contributed by atoms with Gasteiger partial charge in [-0.1, -0.05) is 17.7 Å². The fraction of sp³-hybridized carbons (Fsp3) is 0.500. The number of hydrogen-bond acceptors (Lipinski definition) is 5. The minimum Gasteiger partial charge on any atom is -0.492 e. The second kappa shape index (κ2) is 8.69. The van der Waals surface area contributed by atoms with E-state index in [0.717, 1.165) is 55.6 Å². The van der Waals surface area contributed by atoms with Gasteiger partial charge in [0.1, 0.15) is 5.75 Å². The van der Waals surface area contributed by atoms with Crippen LogP contribution in [0.4, 0.5) is 5.95 Å². The molecular formula is C20H27ClN4O. The van der Waals surface area contributed by atoms with E-state index in [2.05, 4.69) is 32.3 Å².